The van der Waals surface area contributed by atoms with Crippen molar-refractivity contribution in [2.24, 2.45) is 0 Å². The Hall–Kier alpha value is -10.9. The summed E-state index contributed by atoms with van der Waals surface area (Å²) in [5.41, 5.74) is 28.2. The van der Waals surface area contributed by atoms with E-state index in [1.165, 1.54) is 44.5 Å². The molecule has 0 spiro atoms. The van der Waals surface area contributed by atoms with Gasteiger partial charge in [-0.25, -0.2) is 0 Å². The molecule has 0 fully saturated rings. The molecular formula is C84H66N4. The normalized spacial score (nSPS) is 13.0. The first-order valence-electron chi connectivity index (χ1n) is 30.6. The monoisotopic (exact) mass is 1130 g/mol. The molecule has 0 aliphatic heterocycles. The van der Waals surface area contributed by atoms with E-state index in [0.29, 0.717) is 0 Å². The first-order valence-corrected chi connectivity index (χ1v) is 30.6. The van der Waals surface area contributed by atoms with Crippen LogP contribution in [0.5, 0.6) is 0 Å². The second-order valence-corrected chi connectivity index (χ2v) is 24.2. The molecule has 0 atom stereocenters. The zero-order chi connectivity index (χ0) is 59.3. The van der Waals surface area contributed by atoms with Crippen molar-refractivity contribution in [3.05, 3.63) is 350 Å². The van der Waals surface area contributed by atoms with E-state index in [4.69, 9.17) is 0 Å². The molecule has 4 heteroatoms. The quantitative estimate of drug-likeness (QED) is 0.108. The van der Waals surface area contributed by atoms with Crippen LogP contribution in [0, 0.1) is 0 Å². The second-order valence-electron chi connectivity index (χ2n) is 24.2. The van der Waals surface area contributed by atoms with Gasteiger partial charge in [0.2, 0.25) is 0 Å². The molecule has 2 aliphatic rings. The lowest BCUT2D eigenvalue weighted by atomic mass is 9.82. The topological polar surface area (TPSA) is 13.0 Å². The van der Waals surface area contributed by atoms with Crippen molar-refractivity contribution in [1.82, 2.24) is 0 Å². The van der Waals surface area contributed by atoms with Crippen LogP contribution in [0.15, 0.2) is 328 Å². The molecule has 422 valence electrons. The SMILES string of the molecule is CC1(C)c2ccccc2-c2ccc(N(c3ccc(-c4ccc(N(c5ccccc5)c5ccccc5)cc4)cc3)c3ccc(-c4ccc(N(c5ccc(N(c6ccccc6)c6ccccc6)cc5)c5ccc6c(c5)C(C)(C)c5ccccc5-6)cc4)cc3)cc21. The average Bonchev–Trinajstić information content (AvgIpc) is 1.65. The van der Waals surface area contributed by atoms with Gasteiger partial charge >= 0.3 is 0 Å². The van der Waals surface area contributed by atoms with Gasteiger partial charge in [-0.2, -0.15) is 0 Å². The Morgan fingerprint density at radius 3 is 0.636 bits per heavy atom. The van der Waals surface area contributed by atoms with Gasteiger partial charge in [-0.05, 0) is 212 Å². The van der Waals surface area contributed by atoms with Crippen molar-refractivity contribution < 1.29 is 0 Å². The summed E-state index contributed by atoms with van der Waals surface area (Å²) in [5, 5.41) is 0. The van der Waals surface area contributed by atoms with E-state index in [2.05, 4.69) is 375 Å². The number of nitrogens with zero attached hydrogens (tertiary/aromatic N) is 4. The largest absolute Gasteiger partial charge is 0.311 e. The highest BCUT2D eigenvalue weighted by Gasteiger charge is 2.37. The molecule has 0 saturated carbocycles. The molecule has 2 aliphatic carbocycles. The first kappa shape index (κ1) is 53.8. The third-order valence-electron chi connectivity index (χ3n) is 18.2. The van der Waals surface area contributed by atoms with E-state index in [-0.39, 0.29) is 10.8 Å². The van der Waals surface area contributed by atoms with Crippen LogP contribution in [-0.4, -0.2) is 0 Å². The van der Waals surface area contributed by atoms with Crippen molar-refractivity contribution >= 4 is 68.2 Å². The molecule has 0 aromatic heterocycles. The Morgan fingerprint density at radius 2 is 0.364 bits per heavy atom. The maximum Gasteiger partial charge on any atom is 0.0465 e. The molecule has 13 aromatic rings. The minimum Gasteiger partial charge on any atom is -0.311 e. The maximum absolute atomic E-state index is 2.42. The van der Waals surface area contributed by atoms with Gasteiger partial charge in [0.15, 0.2) is 0 Å². The van der Waals surface area contributed by atoms with Crippen molar-refractivity contribution in [3.63, 3.8) is 0 Å². The summed E-state index contributed by atoms with van der Waals surface area (Å²) < 4.78 is 0. The lowest BCUT2D eigenvalue weighted by Gasteiger charge is -2.29. The maximum atomic E-state index is 2.42. The fraction of sp³-hybridized carbons (Fsp3) is 0.0714. The molecule has 0 bridgehead atoms. The van der Waals surface area contributed by atoms with Gasteiger partial charge in [-0.3, -0.25) is 0 Å². The molecular weight excluding hydrogens is 1060 g/mol. The first-order chi connectivity index (χ1) is 43.2. The van der Waals surface area contributed by atoms with E-state index < -0.39 is 0 Å². The zero-order valence-electron chi connectivity index (χ0n) is 50.0. The predicted molar refractivity (Wildman–Crippen MR) is 371 cm³/mol. The van der Waals surface area contributed by atoms with Crippen LogP contribution in [-0.2, 0) is 10.8 Å². The minimum absolute atomic E-state index is 0.149. The molecule has 0 unspecified atom stereocenters. The summed E-state index contributed by atoms with van der Waals surface area (Å²) in [7, 11) is 0. The number of anilines is 12. The highest BCUT2D eigenvalue weighted by Crippen LogP contribution is 2.53. The second kappa shape index (κ2) is 22.2. The molecule has 4 nitrogen and oxygen atoms in total. The molecule has 0 radical (unpaired) electrons. The van der Waals surface area contributed by atoms with Crippen LogP contribution >= 0.6 is 0 Å². The summed E-state index contributed by atoms with van der Waals surface area (Å²) in [6.45, 7) is 9.43. The Morgan fingerprint density at radius 1 is 0.170 bits per heavy atom. The van der Waals surface area contributed by atoms with E-state index >= 15 is 0 Å². The lowest BCUT2D eigenvalue weighted by molar-refractivity contribution is 0.660. The van der Waals surface area contributed by atoms with Crippen LogP contribution < -0.4 is 19.6 Å². The predicted octanol–water partition coefficient (Wildman–Crippen LogP) is 23.5. The van der Waals surface area contributed by atoms with Gasteiger partial charge in [0, 0.05) is 79.1 Å². The van der Waals surface area contributed by atoms with Gasteiger partial charge < -0.3 is 19.6 Å². The van der Waals surface area contributed by atoms with E-state index in [1.54, 1.807) is 0 Å². The van der Waals surface area contributed by atoms with Gasteiger partial charge in [0.05, 0.1) is 0 Å². The molecule has 0 amide bonds. The summed E-state index contributed by atoms with van der Waals surface area (Å²) in [6, 6.07) is 119. The van der Waals surface area contributed by atoms with Gasteiger partial charge in [0.1, 0.15) is 0 Å². The summed E-state index contributed by atoms with van der Waals surface area (Å²) in [4.78, 5) is 9.44. The molecule has 88 heavy (non-hydrogen) atoms. The van der Waals surface area contributed by atoms with Crippen molar-refractivity contribution in [1.29, 1.82) is 0 Å². The number of hydrogen-bond acceptors (Lipinski definition) is 4. The Labute approximate surface area is 517 Å². The van der Waals surface area contributed by atoms with Crippen molar-refractivity contribution in [2.75, 3.05) is 19.6 Å². The average molecular weight is 1130 g/mol. The highest BCUT2D eigenvalue weighted by molar-refractivity contribution is 5.90. The number of benzene rings is 13. The molecule has 0 N–H and O–H groups in total. The zero-order valence-corrected chi connectivity index (χ0v) is 50.0. The Kier molecular flexibility index (Phi) is 13.5. The summed E-state index contributed by atoms with van der Waals surface area (Å²) >= 11 is 0. The van der Waals surface area contributed by atoms with E-state index in [9.17, 15) is 0 Å². The third kappa shape index (κ3) is 9.60. The third-order valence-corrected chi connectivity index (χ3v) is 18.2. The fourth-order valence-corrected chi connectivity index (χ4v) is 13.7. The number of fused-ring (bicyclic) bond motifs is 6. The van der Waals surface area contributed by atoms with E-state index in [1.807, 2.05) is 0 Å². The molecule has 15 rings (SSSR count). The van der Waals surface area contributed by atoms with Crippen molar-refractivity contribution in [3.8, 4) is 44.5 Å². The highest BCUT2D eigenvalue weighted by atomic mass is 15.2. The smallest absolute Gasteiger partial charge is 0.0465 e. The van der Waals surface area contributed by atoms with Crippen LogP contribution in [0.3, 0.4) is 0 Å². The van der Waals surface area contributed by atoms with E-state index in [0.717, 1.165) is 90.5 Å². The van der Waals surface area contributed by atoms with Crippen LogP contribution in [0.1, 0.15) is 49.9 Å². The molecule has 13 aromatic carbocycles. The van der Waals surface area contributed by atoms with Crippen LogP contribution in [0.4, 0.5) is 68.2 Å². The van der Waals surface area contributed by atoms with Gasteiger partial charge in [-0.15, -0.1) is 0 Å². The lowest BCUT2D eigenvalue weighted by Crippen LogP contribution is -2.16. The fourth-order valence-electron chi connectivity index (χ4n) is 13.7. The van der Waals surface area contributed by atoms with Crippen molar-refractivity contribution in [2.45, 2.75) is 38.5 Å². The Bertz CT molecular complexity index is 4540. The number of hydrogen-bond donors (Lipinski definition) is 0. The minimum atomic E-state index is -0.149. The number of para-hydroxylation sites is 4. The summed E-state index contributed by atoms with van der Waals surface area (Å²) in [6.07, 6.45) is 0. The van der Waals surface area contributed by atoms with Crippen LogP contribution in [0.2, 0.25) is 0 Å². The number of rotatable bonds is 14. The molecule has 0 saturated heterocycles. The summed E-state index contributed by atoms with van der Waals surface area (Å²) in [5.74, 6) is 0. The van der Waals surface area contributed by atoms with Gasteiger partial charge in [-0.1, -0.05) is 210 Å². The standard InChI is InChI=1S/C84H66N4/c1-83(2)79-31-19-17-29-75(79)77-55-53-73(57-81(77)83)87(68-43-35-60(36-44-68)59-33-41-67(42-34-59)85(63-21-9-5-10-22-63)64-23-11-6-12-24-64)69-45-37-61(38-46-69)62-39-47-70(48-40-62)88(74-54-56-78-76-30-18-20-32-80(76)84(3,4)82(78)58-74)72-51-49-71(50-52-72)86(65-25-13-7-14-26-65)66-27-15-8-16-28-66/h5-58H,1-4H3. The van der Waals surface area contributed by atoms with Crippen LogP contribution in [0.25, 0.3) is 44.5 Å². The molecule has 0 heterocycles. The van der Waals surface area contributed by atoms with Gasteiger partial charge in [0.25, 0.3) is 0 Å². The Balaban J connectivity index is 0.766.